The second-order valence-corrected chi connectivity index (χ2v) is 2.37. The van der Waals surface area contributed by atoms with Gasteiger partial charge in [-0.1, -0.05) is 24.3 Å². The molecule has 0 bridgehead atoms. The van der Waals surface area contributed by atoms with Gasteiger partial charge in [-0.25, -0.2) is 0 Å². The molecule has 1 N–H and O–H groups in total. The minimum atomic E-state index is 1.15. The van der Waals surface area contributed by atoms with Gasteiger partial charge in [0.15, 0.2) is 0 Å². The minimum absolute atomic E-state index is 1.15. The van der Waals surface area contributed by atoms with E-state index in [4.69, 9.17) is 0 Å². The van der Waals surface area contributed by atoms with Gasteiger partial charge in [-0.05, 0) is 24.6 Å². The third kappa shape index (κ3) is 2.11. The normalized spacial score (nSPS) is 10.4. The summed E-state index contributed by atoms with van der Waals surface area (Å²) >= 11 is 0. The van der Waals surface area contributed by atoms with Crippen LogP contribution in [-0.2, 0) is 0 Å². The van der Waals surface area contributed by atoms with Gasteiger partial charge in [-0.3, -0.25) is 0 Å². The molecule has 11 heavy (non-hydrogen) atoms. The predicted molar refractivity (Wildman–Crippen MR) is 50.7 cm³/mol. The van der Waals surface area contributed by atoms with Crippen molar-refractivity contribution in [3.8, 4) is 0 Å². The van der Waals surface area contributed by atoms with Crippen LogP contribution in [0.4, 0.5) is 5.69 Å². The Morgan fingerprint density at radius 1 is 1.18 bits per heavy atom. The molecule has 0 radical (unpaired) electrons. The van der Waals surface area contributed by atoms with Crippen molar-refractivity contribution in [3.63, 3.8) is 0 Å². The lowest BCUT2D eigenvalue weighted by atomic mass is 10.2. The first kappa shape index (κ1) is 7.86. The van der Waals surface area contributed by atoms with Crippen molar-refractivity contribution < 1.29 is 0 Å². The molecule has 1 aromatic carbocycles. The molecule has 1 aromatic rings. The first-order valence-corrected chi connectivity index (χ1v) is 3.77. The fourth-order valence-electron chi connectivity index (χ4n) is 0.953. The summed E-state index contributed by atoms with van der Waals surface area (Å²) in [6.07, 6.45) is 4.12. The SMILES string of the molecule is CC=Cc1ccc(NC)cc1. The third-order valence-corrected chi connectivity index (χ3v) is 1.56. The molecule has 0 aromatic heterocycles. The highest BCUT2D eigenvalue weighted by atomic mass is 14.8. The molecule has 0 heterocycles. The Labute approximate surface area is 67.8 Å². The molecule has 0 atom stereocenters. The van der Waals surface area contributed by atoms with Crippen molar-refractivity contribution in [2.45, 2.75) is 6.92 Å². The number of rotatable bonds is 2. The molecule has 1 heteroatoms. The van der Waals surface area contributed by atoms with Gasteiger partial charge in [-0.15, -0.1) is 0 Å². The molecular formula is C10H13N. The molecule has 0 aliphatic rings. The van der Waals surface area contributed by atoms with E-state index in [9.17, 15) is 0 Å². The summed E-state index contributed by atoms with van der Waals surface area (Å²) in [7, 11) is 1.92. The van der Waals surface area contributed by atoms with Crippen LogP contribution in [0.5, 0.6) is 0 Å². The highest BCUT2D eigenvalue weighted by Gasteiger charge is 1.86. The van der Waals surface area contributed by atoms with E-state index in [0.717, 1.165) is 5.69 Å². The van der Waals surface area contributed by atoms with Crippen LogP contribution in [0.25, 0.3) is 6.08 Å². The van der Waals surface area contributed by atoms with Gasteiger partial charge in [0.05, 0.1) is 0 Å². The molecule has 0 saturated carbocycles. The van der Waals surface area contributed by atoms with Crippen molar-refractivity contribution in [2.24, 2.45) is 0 Å². The lowest BCUT2D eigenvalue weighted by Crippen LogP contribution is -1.86. The maximum atomic E-state index is 3.07. The lowest BCUT2D eigenvalue weighted by Gasteiger charge is -1.98. The number of hydrogen-bond acceptors (Lipinski definition) is 1. The van der Waals surface area contributed by atoms with Gasteiger partial charge in [0.25, 0.3) is 0 Å². The summed E-state index contributed by atoms with van der Waals surface area (Å²) in [6, 6.07) is 8.31. The largest absolute Gasteiger partial charge is 0.388 e. The average molecular weight is 147 g/mol. The third-order valence-electron chi connectivity index (χ3n) is 1.56. The summed E-state index contributed by atoms with van der Waals surface area (Å²) < 4.78 is 0. The molecule has 0 aliphatic heterocycles. The Morgan fingerprint density at radius 2 is 1.82 bits per heavy atom. The Bertz CT molecular complexity index is 234. The topological polar surface area (TPSA) is 12.0 Å². The molecule has 0 unspecified atom stereocenters. The number of anilines is 1. The summed E-state index contributed by atoms with van der Waals surface area (Å²) in [5.74, 6) is 0. The molecule has 58 valence electrons. The standard InChI is InChI=1S/C10H13N/c1-3-4-9-5-7-10(11-2)8-6-9/h3-8,11H,1-2H3. The molecule has 0 fully saturated rings. The van der Waals surface area contributed by atoms with Crippen molar-refractivity contribution in [1.29, 1.82) is 0 Å². The van der Waals surface area contributed by atoms with Gasteiger partial charge < -0.3 is 5.32 Å². The van der Waals surface area contributed by atoms with E-state index in [1.807, 2.05) is 20.0 Å². The Balaban J connectivity index is 2.82. The Morgan fingerprint density at radius 3 is 2.27 bits per heavy atom. The molecule has 0 spiro atoms. The van der Waals surface area contributed by atoms with E-state index in [1.54, 1.807) is 0 Å². The van der Waals surface area contributed by atoms with Crippen molar-refractivity contribution in [1.82, 2.24) is 0 Å². The monoisotopic (exact) mass is 147 g/mol. The van der Waals surface area contributed by atoms with Crippen molar-refractivity contribution in [3.05, 3.63) is 35.9 Å². The molecule has 0 aliphatic carbocycles. The van der Waals surface area contributed by atoms with E-state index in [0.29, 0.717) is 0 Å². The van der Waals surface area contributed by atoms with Gasteiger partial charge in [0.2, 0.25) is 0 Å². The van der Waals surface area contributed by atoms with Gasteiger partial charge in [0, 0.05) is 12.7 Å². The van der Waals surface area contributed by atoms with Crippen molar-refractivity contribution >= 4 is 11.8 Å². The number of allylic oxidation sites excluding steroid dienone is 1. The highest BCUT2D eigenvalue weighted by molar-refractivity contribution is 5.54. The molecule has 1 nitrogen and oxygen atoms in total. The Hall–Kier alpha value is -1.24. The summed E-state index contributed by atoms with van der Waals surface area (Å²) in [6.45, 7) is 2.02. The number of benzene rings is 1. The molecule has 0 saturated heterocycles. The smallest absolute Gasteiger partial charge is 0.0337 e. The van der Waals surface area contributed by atoms with Crippen LogP contribution < -0.4 is 5.32 Å². The summed E-state index contributed by atoms with van der Waals surface area (Å²) in [4.78, 5) is 0. The predicted octanol–water partition coefficient (Wildman–Crippen LogP) is 2.76. The summed E-state index contributed by atoms with van der Waals surface area (Å²) in [5, 5.41) is 3.07. The summed E-state index contributed by atoms with van der Waals surface area (Å²) in [5.41, 5.74) is 2.39. The van der Waals surface area contributed by atoms with Crippen LogP contribution in [0.1, 0.15) is 12.5 Å². The minimum Gasteiger partial charge on any atom is -0.388 e. The van der Waals surface area contributed by atoms with Crippen LogP contribution in [0.2, 0.25) is 0 Å². The van der Waals surface area contributed by atoms with Gasteiger partial charge in [0.1, 0.15) is 0 Å². The number of hydrogen-bond donors (Lipinski definition) is 1. The zero-order valence-electron chi connectivity index (χ0n) is 6.96. The maximum absolute atomic E-state index is 3.07. The second-order valence-electron chi connectivity index (χ2n) is 2.37. The maximum Gasteiger partial charge on any atom is 0.0337 e. The van der Waals surface area contributed by atoms with E-state index in [1.165, 1.54) is 5.56 Å². The van der Waals surface area contributed by atoms with Crippen LogP contribution in [0.15, 0.2) is 30.3 Å². The quantitative estimate of drug-likeness (QED) is 0.678. The fourth-order valence-corrected chi connectivity index (χ4v) is 0.953. The van der Waals surface area contributed by atoms with Crippen LogP contribution in [0.3, 0.4) is 0 Å². The van der Waals surface area contributed by atoms with Crippen LogP contribution in [0, 0.1) is 0 Å². The number of nitrogens with one attached hydrogen (secondary N) is 1. The van der Waals surface area contributed by atoms with Crippen LogP contribution >= 0.6 is 0 Å². The van der Waals surface area contributed by atoms with E-state index >= 15 is 0 Å². The molecule has 0 amide bonds. The highest BCUT2D eigenvalue weighted by Crippen LogP contribution is 2.09. The second kappa shape index (κ2) is 3.81. The average Bonchev–Trinajstić information content (AvgIpc) is 2.07. The zero-order valence-corrected chi connectivity index (χ0v) is 6.96. The van der Waals surface area contributed by atoms with Gasteiger partial charge in [-0.2, -0.15) is 0 Å². The van der Waals surface area contributed by atoms with E-state index < -0.39 is 0 Å². The van der Waals surface area contributed by atoms with Crippen LogP contribution in [-0.4, -0.2) is 7.05 Å². The van der Waals surface area contributed by atoms with Gasteiger partial charge >= 0.3 is 0 Å². The lowest BCUT2D eigenvalue weighted by molar-refractivity contribution is 1.50. The van der Waals surface area contributed by atoms with Crippen molar-refractivity contribution in [2.75, 3.05) is 12.4 Å². The first-order valence-electron chi connectivity index (χ1n) is 3.77. The molecular weight excluding hydrogens is 134 g/mol. The zero-order chi connectivity index (χ0) is 8.10. The molecule has 1 rings (SSSR count). The first-order chi connectivity index (χ1) is 5.36. The Kier molecular flexibility index (Phi) is 2.73. The fraction of sp³-hybridized carbons (Fsp3) is 0.200. The van der Waals surface area contributed by atoms with E-state index in [-0.39, 0.29) is 0 Å². The van der Waals surface area contributed by atoms with E-state index in [2.05, 4.69) is 35.7 Å².